The van der Waals surface area contributed by atoms with E-state index in [1.54, 1.807) is 0 Å². The first-order chi connectivity index (χ1) is 13.1. The molecule has 0 radical (unpaired) electrons. The van der Waals surface area contributed by atoms with Crippen LogP contribution in [-0.4, -0.2) is 16.2 Å². The fourth-order valence-electron chi connectivity index (χ4n) is 3.26. The Morgan fingerprint density at radius 2 is 1.81 bits per heavy atom. The molecule has 136 valence electrons. The minimum Gasteiger partial charge on any atom is -0.491 e. The Kier molecular flexibility index (Phi) is 4.99. The number of benzene rings is 3. The summed E-state index contributed by atoms with van der Waals surface area (Å²) in [5, 5.41) is 0. The van der Waals surface area contributed by atoms with E-state index in [4.69, 9.17) is 9.72 Å². The molecule has 4 heteroatoms. The molecule has 0 unspecified atom stereocenters. The van der Waals surface area contributed by atoms with Gasteiger partial charge in [-0.05, 0) is 55.3 Å². The van der Waals surface area contributed by atoms with Crippen LogP contribution in [0.5, 0.6) is 5.75 Å². The number of imidazole rings is 1. The third-order valence-corrected chi connectivity index (χ3v) is 5.15. The third-order valence-electron chi connectivity index (χ3n) is 4.65. The second-order valence-corrected chi connectivity index (χ2v) is 7.62. The molecule has 0 amide bonds. The monoisotopic (exact) mass is 420 g/mol. The number of aromatic nitrogens is 2. The minimum atomic E-state index is 0.589. The van der Waals surface area contributed by atoms with Gasteiger partial charge in [0.25, 0.3) is 0 Å². The predicted molar refractivity (Wildman–Crippen MR) is 114 cm³/mol. The number of fused-ring (bicyclic) bond motifs is 1. The van der Waals surface area contributed by atoms with E-state index in [1.807, 2.05) is 18.2 Å². The van der Waals surface area contributed by atoms with Crippen molar-refractivity contribution in [1.82, 2.24) is 9.55 Å². The maximum Gasteiger partial charge on any atom is 0.141 e. The smallest absolute Gasteiger partial charge is 0.141 e. The first-order valence-electron chi connectivity index (χ1n) is 9.03. The average molecular weight is 421 g/mol. The molecule has 0 aliphatic rings. The summed E-state index contributed by atoms with van der Waals surface area (Å²) in [5.74, 6) is 1.91. The second kappa shape index (κ2) is 7.57. The summed E-state index contributed by atoms with van der Waals surface area (Å²) in [4.78, 5) is 4.87. The molecule has 1 heterocycles. The highest BCUT2D eigenvalue weighted by atomic mass is 79.9. The van der Waals surface area contributed by atoms with Gasteiger partial charge in [-0.3, -0.25) is 0 Å². The van der Waals surface area contributed by atoms with Crippen LogP contribution in [0.15, 0.2) is 71.2 Å². The third kappa shape index (κ3) is 3.76. The molecule has 0 aliphatic carbocycles. The Hall–Kier alpha value is -2.59. The molecule has 3 nitrogen and oxygen atoms in total. The van der Waals surface area contributed by atoms with Crippen molar-refractivity contribution in [3.8, 4) is 17.1 Å². The number of aryl methyl sites for hydroxylation is 2. The van der Waals surface area contributed by atoms with Crippen LogP contribution in [0.3, 0.4) is 0 Å². The maximum atomic E-state index is 6.10. The lowest BCUT2D eigenvalue weighted by Crippen LogP contribution is -2.10. The Balaban J connectivity index is 1.66. The number of hydrogen-bond acceptors (Lipinski definition) is 2. The van der Waals surface area contributed by atoms with E-state index in [2.05, 4.69) is 82.9 Å². The highest BCUT2D eigenvalue weighted by Gasteiger charge is 2.13. The zero-order chi connectivity index (χ0) is 18.8. The van der Waals surface area contributed by atoms with E-state index in [1.165, 1.54) is 5.56 Å². The quantitative estimate of drug-likeness (QED) is 0.386. The van der Waals surface area contributed by atoms with Gasteiger partial charge >= 0.3 is 0 Å². The van der Waals surface area contributed by atoms with Crippen molar-refractivity contribution < 1.29 is 4.74 Å². The molecule has 0 saturated heterocycles. The largest absolute Gasteiger partial charge is 0.491 e. The van der Waals surface area contributed by atoms with Crippen LogP contribution in [-0.2, 0) is 6.54 Å². The lowest BCUT2D eigenvalue weighted by Gasteiger charge is -2.13. The van der Waals surface area contributed by atoms with Crippen molar-refractivity contribution in [2.75, 3.05) is 6.61 Å². The van der Waals surface area contributed by atoms with Gasteiger partial charge in [0.1, 0.15) is 18.2 Å². The molecule has 0 atom stereocenters. The standard InChI is InChI=1S/C23H21BrN2O/c1-16-10-11-17(2)22(14-16)27-13-12-26-21-9-4-3-8-20(21)25-23(26)18-6-5-7-19(24)15-18/h3-11,14-15H,12-13H2,1-2H3. The lowest BCUT2D eigenvalue weighted by molar-refractivity contribution is 0.299. The molecule has 0 aliphatic heterocycles. The van der Waals surface area contributed by atoms with Crippen LogP contribution in [0.4, 0.5) is 0 Å². The molecular weight excluding hydrogens is 400 g/mol. The number of halogens is 1. The second-order valence-electron chi connectivity index (χ2n) is 6.70. The normalized spacial score (nSPS) is 11.1. The molecule has 1 aromatic heterocycles. The molecular formula is C23H21BrN2O. The van der Waals surface area contributed by atoms with Crippen molar-refractivity contribution >= 4 is 27.0 Å². The van der Waals surface area contributed by atoms with Crippen LogP contribution in [0.2, 0.25) is 0 Å². The SMILES string of the molecule is Cc1ccc(C)c(OCCn2c(-c3cccc(Br)c3)nc3ccccc32)c1. The first kappa shape index (κ1) is 17.8. The van der Waals surface area contributed by atoms with Gasteiger partial charge in [0.2, 0.25) is 0 Å². The van der Waals surface area contributed by atoms with Crippen LogP contribution in [0.1, 0.15) is 11.1 Å². The molecule has 4 aromatic rings. The van der Waals surface area contributed by atoms with Gasteiger partial charge in [-0.25, -0.2) is 4.98 Å². The van der Waals surface area contributed by atoms with Gasteiger partial charge in [-0.2, -0.15) is 0 Å². The highest BCUT2D eigenvalue weighted by Crippen LogP contribution is 2.27. The van der Waals surface area contributed by atoms with Crippen LogP contribution < -0.4 is 4.74 Å². The van der Waals surface area contributed by atoms with E-state index in [9.17, 15) is 0 Å². The van der Waals surface area contributed by atoms with E-state index in [0.717, 1.165) is 44.8 Å². The Bertz CT molecular complexity index is 1100. The summed E-state index contributed by atoms with van der Waals surface area (Å²) >= 11 is 3.56. The molecule has 0 spiro atoms. The fourth-order valence-corrected chi connectivity index (χ4v) is 3.66. The molecule has 27 heavy (non-hydrogen) atoms. The summed E-state index contributed by atoms with van der Waals surface area (Å²) in [6.07, 6.45) is 0. The van der Waals surface area contributed by atoms with Crippen molar-refractivity contribution in [2.24, 2.45) is 0 Å². The number of rotatable bonds is 5. The number of hydrogen-bond donors (Lipinski definition) is 0. The molecule has 0 fully saturated rings. The zero-order valence-electron chi connectivity index (χ0n) is 15.4. The van der Waals surface area contributed by atoms with Crippen molar-refractivity contribution in [1.29, 1.82) is 0 Å². The van der Waals surface area contributed by atoms with Crippen molar-refractivity contribution in [3.05, 3.63) is 82.3 Å². The van der Waals surface area contributed by atoms with Gasteiger partial charge < -0.3 is 9.30 Å². The lowest BCUT2D eigenvalue weighted by atomic mass is 10.1. The Morgan fingerprint density at radius 3 is 2.67 bits per heavy atom. The van der Waals surface area contributed by atoms with Crippen LogP contribution in [0, 0.1) is 13.8 Å². The Labute approximate surface area is 167 Å². The van der Waals surface area contributed by atoms with E-state index >= 15 is 0 Å². The van der Waals surface area contributed by atoms with Crippen LogP contribution >= 0.6 is 15.9 Å². The highest BCUT2D eigenvalue weighted by molar-refractivity contribution is 9.10. The number of nitrogens with zero attached hydrogens (tertiary/aromatic N) is 2. The van der Waals surface area contributed by atoms with Gasteiger partial charge in [0.15, 0.2) is 0 Å². The average Bonchev–Trinajstić information content (AvgIpc) is 3.03. The number of ether oxygens (including phenoxy) is 1. The fraction of sp³-hybridized carbons (Fsp3) is 0.174. The van der Waals surface area contributed by atoms with Crippen molar-refractivity contribution in [3.63, 3.8) is 0 Å². The summed E-state index contributed by atoms with van der Waals surface area (Å²) < 4.78 is 9.38. The summed E-state index contributed by atoms with van der Waals surface area (Å²) in [6.45, 7) is 5.48. The molecule has 3 aromatic carbocycles. The summed E-state index contributed by atoms with van der Waals surface area (Å²) in [5.41, 5.74) is 5.57. The molecule has 0 saturated carbocycles. The summed E-state index contributed by atoms with van der Waals surface area (Å²) in [6, 6.07) is 22.8. The first-order valence-corrected chi connectivity index (χ1v) is 9.82. The maximum absolute atomic E-state index is 6.10. The number of para-hydroxylation sites is 2. The van der Waals surface area contributed by atoms with Gasteiger partial charge in [-0.1, -0.05) is 52.3 Å². The molecule has 4 rings (SSSR count). The van der Waals surface area contributed by atoms with Crippen LogP contribution in [0.25, 0.3) is 22.4 Å². The van der Waals surface area contributed by atoms with E-state index in [0.29, 0.717) is 6.61 Å². The van der Waals surface area contributed by atoms with Gasteiger partial charge in [0, 0.05) is 10.0 Å². The summed E-state index contributed by atoms with van der Waals surface area (Å²) in [7, 11) is 0. The van der Waals surface area contributed by atoms with E-state index in [-0.39, 0.29) is 0 Å². The van der Waals surface area contributed by atoms with Gasteiger partial charge in [0.05, 0.1) is 17.6 Å². The zero-order valence-corrected chi connectivity index (χ0v) is 17.0. The Morgan fingerprint density at radius 1 is 0.963 bits per heavy atom. The topological polar surface area (TPSA) is 27.1 Å². The van der Waals surface area contributed by atoms with E-state index < -0.39 is 0 Å². The molecule has 0 N–H and O–H groups in total. The molecule has 0 bridgehead atoms. The minimum absolute atomic E-state index is 0.589. The predicted octanol–water partition coefficient (Wildman–Crippen LogP) is 6.16. The van der Waals surface area contributed by atoms with Gasteiger partial charge in [-0.15, -0.1) is 0 Å². The van der Waals surface area contributed by atoms with Crippen molar-refractivity contribution in [2.45, 2.75) is 20.4 Å².